The predicted octanol–water partition coefficient (Wildman–Crippen LogP) is -6.16. The summed E-state index contributed by atoms with van der Waals surface area (Å²) in [4.78, 5) is 12.3. The molecule has 0 aromatic carbocycles. The van der Waals surface area contributed by atoms with E-state index in [9.17, 15) is 40.5 Å². The Bertz CT molecular complexity index is 404. The molecule has 23 heavy (non-hydrogen) atoms. The largest absolute Gasteiger partial charge is 0.394 e. The lowest BCUT2D eigenvalue weighted by Crippen LogP contribution is -2.60. The summed E-state index contributed by atoms with van der Waals surface area (Å²) in [7, 11) is 0. The number of carbonyl (C=O) groups is 1. The number of ether oxygens (including phenoxy) is 1. The molecule has 11 nitrogen and oxygen atoms in total. The van der Waals surface area contributed by atoms with Crippen molar-refractivity contribution >= 4 is 5.78 Å². The first-order chi connectivity index (χ1) is 10.7. The van der Waals surface area contributed by atoms with Crippen LogP contribution in [0, 0.1) is 0 Å². The van der Waals surface area contributed by atoms with Crippen molar-refractivity contribution < 1.29 is 55.5 Å². The molecule has 8 atom stereocenters. The molecular weight excluding hydrogens is 320 g/mol. The van der Waals surface area contributed by atoms with Gasteiger partial charge in [0.15, 0.2) is 5.60 Å². The lowest BCUT2D eigenvalue weighted by Gasteiger charge is -2.33. The minimum absolute atomic E-state index is 0.794. The van der Waals surface area contributed by atoms with Crippen molar-refractivity contribution in [3.05, 3.63) is 0 Å². The van der Waals surface area contributed by atoms with Crippen LogP contribution >= 0.6 is 0 Å². The van der Waals surface area contributed by atoms with E-state index in [1.807, 2.05) is 0 Å². The molecule has 0 aliphatic carbocycles. The zero-order chi connectivity index (χ0) is 17.9. The number of ketones is 1. The highest BCUT2D eigenvalue weighted by Crippen LogP contribution is 2.33. The smallest absolute Gasteiger partial charge is 0.200 e. The summed E-state index contributed by atoms with van der Waals surface area (Å²) in [5.74, 6) is -1.47. The topological polar surface area (TPSA) is 208 Å². The molecule has 1 fully saturated rings. The van der Waals surface area contributed by atoms with Crippen molar-refractivity contribution in [2.45, 2.75) is 48.3 Å². The van der Waals surface area contributed by atoms with Gasteiger partial charge in [0.05, 0.1) is 19.8 Å². The van der Waals surface area contributed by atoms with Crippen molar-refractivity contribution in [3.63, 3.8) is 0 Å². The zero-order valence-electron chi connectivity index (χ0n) is 12.0. The van der Waals surface area contributed by atoms with E-state index >= 15 is 0 Å². The molecule has 1 saturated heterocycles. The first kappa shape index (κ1) is 20.3. The van der Waals surface area contributed by atoms with Gasteiger partial charge in [-0.2, -0.15) is 0 Å². The Morgan fingerprint density at radius 3 is 2.00 bits per heavy atom. The minimum atomic E-state index is -2.53. The van der Waals surface area contributed by atoms with Gasteiger partial charge in [-0.15, -0.1) is 0 Å². The van der Waals surface area contributed by atoms with E-state index < -0.39 is 73.9 Å². The summed E-state index contributed by atoms with van der Waals surface area (Å²) in [6.45, 7) is -2.95. The van der Waals surface area contributed by atoms with Crippen molar-refractivity contribution in [2.75, 3.05) is 19.8 Å². The average Bonchev–Trinajstić information content (AvgIpc) is 2.83. The molecule has 11 heteroatoms. The van der Waals surface area contributed by atoms with Crippen LogP contribution in [0.25, 0.3) is 0 Å². The third-order valence-corrected chi connectivity index (χ3v) is 3.90. The van der Waals surface area contributed by atoms with E-state index in [1.165, 1.54) is 0 Å². The van der Waals surface area contributed by atoms with Crippen LogP contribution in [0.1, 0.15) is 0 Å². The highest BCUT2D eigenvalue weighted by atomic mass is 16.6. The van der Waals surface area contributed by atoms with Crippen LogP contribution < -0.4 is 0 Å². The number of hydrogen-bond acceptors (Lipinski definition) is 11. The molecule has 1 heterocycles. The average molecular weight is 342 g/mol. The fourth-order valence-electron chi connectivity index (χ4n) is 2.37. The maximum Gasteiger partial charge on any atom is 0.200 e. The number of rotatable bonds is 8. The van der Waals surface area contributed by atoms with Crippen LogP contribution in [-0.4, -0.2) is 120 Å². The molecule has 1 unspecified atom stereocenters. The maximum absolute atomic E-state index is 12.3. The summed E-state index contributed by atoms with van der Waals surface area (Å²) >= 11 is 0. The van der Waals surface area contributed by atoms with Gasteiger partial charge in [0, 0.05) is 0 Å². The van der Waals surface area contributed by atoms with Crippen LogP contribution in [0.15, 0.2) is 0 Å². The quantitative estimate of drug-likeness (QED) is 0.203. The monoisotopic (exact) mass is 342 g/mol. The molecule has 9 N–H and O–H groups in total. The molecule has 1 rings (SSSR count). The highest BCUT2D eigenvalue weighted by Gasteiger charge is 2.60. The maximum atomic E-state index is 12.3. The molecule has 0 saturated carbocycles. The third-order valence-electron chi connectivity index (χ3n) is 3.90. The van der Waals surface area contributed by atoms with Crippen molar-refractivity contribution in [2.24, 2.45) is 0 Å². The first-order valence-electron chi connectivity index (χ1n) is 6.81. The Balaban J connectivity index is 3.00. The summed E-state index contributed by atoms with van der Waals surface area (Å²) in [5.41, 5.74) is -2.53. The lowest BCUT2D eigenvalue weighted by molar-refractivity contribution is -0.181. The summed E-state index contributed by atoms with van der Waals surface area (Å²) in [6.07, 6.45) is -13.8. The second-order valence-electron chi connectivity index (χ2n) is 5.36. The molecule has 0 aromatic heterocycles. The second kappa shape index (κ2) is 7.90. The van der Waals surface area contributed by atoms with E-state index in [2.05, 4.69) is 0 Å². The number of Topliss-reactive ketones (excluding diaryl/α,β-unsaturated/α-hetero) is 1. The van der Waals surface area contributed by atoms with Crippen molar-refractivity contribution in [1.82, 2.24) is 0 Å². The number of carbonyl (C=O) groups excluding carboxylic acids is 1. The normalized spacial score (nSPS) is 36.5. The standard InChI is InChI=1S/C12H22O11/c13-1-4(16)6(17)8(19)9(20)11(22)12(3-15)10(21)7(18)5(2-14)23-12/h4-10,13-21H,1-3H2/t4-,5-,6+,7-,8+,9-,10+,12?/m1/s1. The van der Waals surface area contributed by atoms with E-state index in [0.29, 0.717) is 0 Å². The number of aliphatic hydroxyl groups is 9. The molecule has 0 amide bonds. The Kier molecular flexibility index (Phi) is 6.97. The van der Waals surface area contributed by atoms with Crippen molar-refractivity contribution in [1.29, 1.82) is 0 Å². The Morgan fingerprint density at radius 1 is 1.04 bits per heavy atom. The van der Waals surface area contributed by atoms with Gasteiger partial charge >= 0.3 is 0 Å². The van der Waals surface area contributed by atoms with Gasteiger partial charge in [0.1, 0.15) is 42.7 Å². The van der Waals surface area contributed by atoms with Gasteiger partial charge in [-0.05, 0) is 0 Å². The molecule has 0 radical (unpaired) electrons. The Hall–Kier alpha value is -0.730. The molecule has 0 bridgehead atoms. The number of aliphatic hydroxyl groups excluding tert-OH is 9. The highest BCUT2D eigenvalue weighted by molar-refractivity contribution is 5.93. The summed E-state index contributed by atoms with van der Waals surface area (Å²) in [6, 6.07) is 0. The Labute approximate surface area is 130 Å². The van der Waals surface area contributed by atoms with Crippen LogP contribution in [-0.2, 0) is 9.53 Å². The summed E-state index contributed by atoms with van der Waals surface area (Å²) in [5, 5.41) is 84.8. The van der Waals surface area contributed by atoms with Gasteiger partial charge < -0.3 is 50.7 Å². The van der Waals surface area contributed by atoms with E-state index in [-0.39, 0.29) is 0 Å². The van der Waals surface area contributed by atoms with Crippen molar-refractivity contribution in [3.8, 4) is 0 Å². The lowest BCUT2D eigenvalue weighted by atomic mass is 9.85. The fourth-order valence-corrected chi connectivity index (χ4v) is 2.37. The van der Waals surface area contributed by atoms with Gasteiger partial charge in [0.2, 0.25) is 5.78 Å². The fraction of sp³-hybridized carbons (Fsp3) is 0.917. The predicted molar refractivity (Wildman–Crippen MR) is 69.9 cm³/mol. The van der Waals surface area contributed by atoms with Crippen LogP contribution in [0.3, 0.4) is 0 Å². The van der Waals surface area contributed by atoms with Gasteiger partial charge in [-0.25, -0.2) is 0 Å². The SMILES string of the molecule is O=C([C@H](O)[C@@H](O)[C@@H](O)[C@H](O)CO)C1(CO)O[C@H](CO)[C@@H](O)[C@@H]1O. The van der Waals surface area contributed by atoms with E-state index in [0.717, 1.165) is 0 Å². The molecule has 136 valence electrons. The van der Waals surface area contributed by atoms with Crippen LogP contribution in [0.2, 0.25) is 0 Å². The molecule has 1 aliphatic rings. The van der Waals surface area contributed by atoms with Gasteiger partial charge in [-0.1, -0.05) is 0 Å². The summed E-state index contributed by atoms with van der Waals surface area (Å²) < 4.78 is 4.96. The van der Waals surface area contributed by atoms with Crippen LogP contribution in [0.5, 0.6) is 0 Å². The molecular formula is C12H22O11. The van der Waals surface area contributed by atoms with E-state index in [4.69, 9.17) is 14.9 Å². The molecule has 1 aliphatic heterocycles. The minimum Gasteiger partial charge on any atom is -0.394 e. The van der Waals surface area contributed by atoms with Gasteiger partial charge in [-0.3, -0.25) is 4.79 Å². The second-order valence-corrected chi connectivity index (χ2v) is 5.36. The third kappa shape index (κ3) is 3.53. The van der Waals surface area contributed by atoms with Crippen LogP contribution in [0.4, 0.5) is 0 Å². The Morgan fingerprint density at radius 2 is 1.61 bits per heavy atom. The zero-order valence-corrected chi connectivity index (χ0v) is 12.0. The van der Waals surface area contributed by atoms with Gasteiger partial charge in [0.25, 0.3) is 0 Å². The number of hydrogen-bond donors (Lipinski definition) is 9. The molecule has 0 aromatic rings. The molecule has 0 spiro atoms. The first-order valence-corrected chi connectivity index (χ1v) is 6.81. The van der Waals surface area contributed by atoms with E-state index in [1.54, 1.807) is 0 Å².